The van der Waals surface area contributed by atoms with Crippen LogP contribution in [-0.2, 0) is 9.53 Å². The number of carbonyl (C=O) groups excluding carboxylic acids is 3. The highest BCUT2D eigenvalue weighted by molar-refractivity contribution is 9.10. The lowest BCUT2D eigenvalue weighted by atomic mass is 10.1. The van der Waals surface area contributed by atoms with Crippen LogP contribution >= 0.6 is 15.9 Å². The molecule has 10 heteroatoms. The molecule has 0 fully saturated rings. The molecule has 0 heterocycles. The fourth-order valence-corrected chi connectivity index (χ4v) is 3.42. The van der Waals surface area contributed by atoms with Gasteiger partial charge in [0, 0.05) is 22.3 Å². The monoisotopic (exact) mass is 537 g/mol. The number of anilines is 1. The number of nitrogens with zero attached hydrogens (tertiary/aromatic N) is 1. The van der Waals surface area contributed by atoms with Gasteiger partial charge in [0.2, 0.25) is 0 Å². The molecule has 3 rings (SSSR count). The Kier molecular flexibility index (Phi) is 8.47. The first kappa shape index (κ1) is 25.3. The average molecular weight is 538 g/mol. The second-order valence-electron chi connectivity index (χ2n) is 7.09. The topological polar surface area (TPSA) is 128 Å². The Bertz CT molecular complexity index is 1290. The summed E-state index contributed by atoms with van der Waals surface area (Å²) in [6.07, 6.45) is 1.40. The van der Waals surface area contributed by atoms with E-state index in [9.17, 15) is 24.5 Å². The maximum Gasteiger partial charge on any atom is 0.338 e. The van der Waals surface area contributed by atoms with Crippen LogP contribution in [0.2, 0.25) is 0 Å². The predicted octanol–water partition coefficient (Wildman–Crippen LogP) is 4.94. The number of esters is 1. The molecular weight excluding hydrogens is 518 g/mol. The summed E-state index contributed by atoms with van der Waals surface area (Å²) < 4.78 is 5.49. The Balaban J connectivity index is 1.87. The Hall–Kier alpha value is -4.31. The molecule has 2 amide bonds. The molecule has 2 N–H and O–H groups in total. The highest BCUT2D eigenvalue weighted by Crippen LogP contribution is 2.18. The van der Waals surface area contributed by atoms with Crippen LogP contribution in [0.25, 0.3) is 6.08 Å². The lowest BCUT2D eigenvalue weighted by Crippen LogP contribution is -2.31. The van der Waals surface area contributed by atoms with Crippen LogP contribution in [0.1, 0.15) is 33.2 Å². The standard InChI is InChI=1S/C25H20BrN3O6/c1-2-35-25(32)17-9-11-18(12-10-17)27-24(31)22(15-16-7-13-19(14-8-16)29(33)34)28-23(30)20-5-3-4-6-21(20)26/h3-15H,2H2,1H3,(H,27,31)(H,28,30). The molecule has 0 saturated carbocycles. The lowest BCUT2D eigenvalue weighted by molar-refractivity contribution is -0.384. The molecule has 0 spiro atoms. The Labute approximate surface area is 209 Å². The van der Waals surface area contributed by atoms with Gasteiger partial charge in [-0.15, -0.1) is 0 Å². The smallest absolute Gasteiger partial charge is 0.338 e. The summed E-state index contributed by atoms with van der Waals surface area (Å²) in [6.45, 7) is 1.94. The third-order valence-electron chi connectivity index (χ3n) is 4.68. The van der Waals surface area contributed by atoms with Crippen molar-refractivity contribution in [2.45, 2.75) is 6.92 Å². The summed E-state index contributed by atoms with van der Waals surface area (Å²) in [5, 5.41) is 16.2. The number of carbonyl (C=O) groups is 3. The van der Waals surface area contributed by atoms with Gasteiger partial charge in [-0.05, 0) is 83.0 Å². The van der Waals surface area contributed by atoms with E-state index in [2.05, 4.69) is 26.6 Å². The van der Waals surface area contributed by atoms with Crippen molar-refractivity contribution in [3.8, 4) is 0 Å². The number of benzene rings is 3. The van der Waals surface area contributed by atoms with Crippen molar-refractivity contribution in [3.63, 3.8) is 0 Å². The average Bonchev–Trinajstić information content (AvgIpc) is 2.84. The molecule has 0 aliphatic heterocycles. The molecule has 0 aliphatic carbocycles. The van der Waals surface area contributed by atoms with Gasteiger partial charge < -0.3 is 15.4 Å². The van der Waals surface area contributed by atoms with Gasteiger partial charge in [0.15, 0.2) is 0 Å². The molecular formula is C25H20BrN3O6. The van der Waals surface area contributed by atoms with Crippen molar-refractivity contribution in [3.05, 3.63) is 110 Å². The third kappa shape index (κ3) is 6.84. The van der Waals surface area contributed by atoms with E-state index in [1.807, 2.05) is 0 Å². The highest BCUT2D eigenvalue weighted by atomic mass is 79.9. The number of halogens is 1. The summed E-state index contributed by atoms with van der Waals surface area (Å²) in [7, 11) is 0. The van der Waals surface area contributed by atoms with Crippen LogP contribution in [-0.4, -0.2) is 29.3 Å². The molecule has 0 aliphatic rings. The van der Waals surface area contributed by atoms with E-state index >= 15 is 0 Å². The summed E-state index contributed by atoms with van der Waals surface area (Å²) in [6, 6.07) is 18.3. The number of nitro benzene ring substituents is 1. The third-order valence-corrected chi connectivity index (χ3v) is 5.37. The van der Waals surface area contributed by atoms with E-state index in [-0.39, 0.29) is 18.0 Å². The summed E-state index contributed by atoms with van der Waals surface area (Å²) in [4.78, 5) is 48.1. The second kappa shape index (κ2) is 11.7. The van der Waals surface area contributed by atoms with E-state index in [0.29, 0.717) is 26.9 Å². The summed E-state index contributed by atoms with van der Waals surface area (Å²) in [5.74, 6) is -1.64. The van der Waals surface area contributed by atoms with Crippen LogP contribution in [0.3, 0.4) is 0 Å². The molecule has 3 aromatic rings. The zero-order valence-electron chi connectivity index (χ0n) is 18.5. The quantitative estimate of drug-likeness (QED) is 0.181. The van der Waals surface area contributed by atoms with E-state index in [1.165, 1.54) is 54.6 Å². The van der Waals surface area contributed by atoms with Crippen LogP contribution < -0.4 is 10.6 Å². The van der Waals surface area contributed by atoms with Crippen molar-refractivity contribution in [1.29, 1.82) is 0 Å². The van der Waals surface area contributed by atoms with Crippen molar-refractivity contribution >= 4 is 51.2 Å². The Morgan fingerprint density at radius 3 is 2.26 bits per heavy atom. The zero-order valence-corrected chi connectivity index (χ0v) is 20.1. The number of non-ortho nitro benzene ring substituents is 1. The first-order valence-corrected chi connectivity index (χ1v) is 11.2. The number of nitro groups is 1. The van der Waals surface area contributed by atoms with Crippen LogP contribution in [0.5, 0.6) is 0 Å². The minimum absolute atomic E-state index is 0.0888. The van der Waals surface area contributed by atoms with Crippen LogP contribution in [0, 0.1) is 10.1 Å². The number of nitrogens with one attached hydrogen (secondary N) is 2. The lowest BCUT2D eigenvalue weighted by Gasteiger charge is -2.12. The zero-order chi connectivity index (χ0) is 25.4. The number of hydrogen-bond acceptors (Lipinski definition) is 6. The fraction of sp³-hybridized carbons (Fsp3) is 0.0800. The summed E-state index contributed by atoms with van der Waals surface area (Å²) >= 11 is 3.31. The minimum Gasteiger partial charge on any atom is -0.462 e. The summed E-state index contributed by atoms with van der Waals surface area (Å²) in [5.41, 5.74) is 1.29. The molecule has 0 aromatic heterocycles. The second-order valence-corrected chi connectivity index (χ2v) is 7.95. The SMILES string of the molecule is CCOC(=O)c1ccc(NC(=O)C(=Cc2ccc([N+](=O)[O-])cc2)NC(=O)c2ccccc2Br)cc1. The van der Waals surface area contributed by atoms with Crippen molar-refractivity contribution in [2.75, 3.05) is 11.9 Å². The predicted molar refractivity (Wildman–Crippen MR) is 134 cm³/mol. The Morgan fingerprint density at radius 2 is 1.66 bits per heavy atom. The largest absolute Gasteiger partial charge is 0.462 e. The van der Waals surface area contributed by atoms with Crippen LogP contribution in [0.4, 0.5) is 11.4 Å². The van der Waals surface area contributed by atoms with Crippen LogP contribution in [0.15, 0.2) is 83.0 Å². The van der Waals surface area contributed by atoms with Crippen molar-refractivity contribution in [1.82, 2.24) is 5.32 Å². The normalized spacial score (nSPS) is 10.9. The molecule has 0 atom stereocenters. The minimum atomic E-state index is -0.632. The van der Waals surface area contributed by atoms with Crippen molar-refractivity contribution in [2.24, 2.45) is 0 Å². The van der Waals surface area contributed by atoms with Gasteiger partial charge >= 0.3 is 5.97 Å². The van der Waals surface area contributed by atoms with Gasteiger partial charge in [-0.2, -0.15) is 0 Å². The van der Waals surface area contributed by atoms with Gasteiger partial charge in [0.05, 0.1) is 22.7 Å². The number of ether oxygens (including phenoxy) is 1. The molecule has 0 radical (unpaired) electrons. The molecule has 0 bridgehead atoms. The maximum absolute atomic E-state index is 13.1. The van der Waals surface area contributed by atoms with E-state index in [0.717, 1.165) is 0 Å². The van der Waals surface area contributed by atoms with E-state index < -0.39 is 22.7 Å². The molecule has 0 saturated heterocycles. The number of amides is 2. The first-order valence-electron chi connectivity index (χ1n) is 10.4. The van der Waals surface area contributed by atoms with E-state index in [1.54, 1.807) is 31.2 Å². The molecule has 0 unspecified atom stereocenters. The maximum atomic E-state index is 13.1. The Morgan fingerprint density at radius 1 is 1.00 bits per heavy atom. The van der Waals surface area contributed by atoms with Gasteiger partial charge in [-0.25, -0.2) is 4.79 Å². The van der Waals surface area contributed by atoms with E-state index in [4.69, 9.17) is 4.74 Å². The first-order chi connectivity index (χ1) is 16.8. The van der Waals surface area contributed by atoms with Crippen molar-refractivity contribution < 1.29 is 24.0 Å². The molecule has 178 valence electrons. The fourth-order valence-electron chi connectivity index (χ4n) is 2.95. The number of rotatable bonds is 8. The number of hydrogen-bond donors (Lipinski definition) is 2. The highest BCUT2D eigenvalue weighted by Gasteiger charge is 2.17. The van der Waals surface area contributed by atoms with Gasteiger partial charge in [-0.3, -0.25) is 19.7 Å². The molecule has 3 aromatic carbocycles. The van der Waals surface area contributed by atoms with Gasteiger partial charge in [-0.1, -0.05) is 12.1 Å². The van der Waals surface area contributed by atoms with Gasteiger partial charge in [0.1, 0.15) is 5.70 Å². The molecule has 35 heavy (non-hydrogen) atoms. The van der Waals surface area contributed by atoms with Gasteiger partial charge in [0.25, 0.3) is 17.5 Å². The molecule has 9 nitrogen and oxygen atoms in total.